The van der Waals surface area contributed by atoms with Crippen molar-refractivity contribution in [3.05, 3.63) is 108 Å². The third-order valence-corrected chi connectivity index (χ3v) is 7.64. The molecule has 3 aromatic rings. The van der Waals surface area contributed by atoms with Gasteiger partial charge in [-0.2, -0.15) is 8.42 Å². The largest absolute Gasteiger partial charge is 0.374 e. The molecule has 0 bridgehead atoms. The van der Waals surface area contributed by atoms with E-state index in [2.05, 4.69) is 0 Å². The summed E-state index contributed by atoms with van der Waals surface area (Å²) in [6, 6.07) is 28.8. The van der Waals surface area contributed by atoms with Gasteiger partial charge >= 0.3 is 0 Å². The second-order valence-corrected chi connectivity index (χ2v) is 12.3. The molecular formula is C30H34O8S2. The van der Waals surface area contributed by atoms with Gasteiger partial charge in [-0.1, -0.05) is 103 Å². The highest BCUT2D eigenvalue weighted by atomic mass is 32.2. The monoisotopic (exact) mass is 586 g/mol. The fourth-order valence-corrected chi connectivity index (χ4v) is 5.92. The first kappa shape index (κ1) is 30.4. The molecule has 10 heteroatoms. The van der Waals surface area contributed by atoms with Crippen molar-refractivity contribution in [3.8, 4) is 0 Å². The van der Waals surface area contributed by atoms with Crippen molar-refractivity contribution in [1.29, 1.82) is 0 Å². The van der Waals surface area contributed by atoms with Crippen molar-refractivity contribution in [2.45, 2.75) is 56.6 Å². The number of carbonyl (C=O) groups is 1. The highest BCUT2D eigenvalue weighted by Crippen LogP contribution is 2.36. The van der Waals surface area contributed by atoms with E-state index in [1.54, 1.807) is 0 Å². The minimum Gasteiger partial charge on any atom is -0.374 e. The van der Waals surface area contributed by atoms with E-state index in [4.69, 9.17) is 23.1 Å². The number of hydrogen-bond acceptors (Lipinski definition) is 9. The zero-order chi connectivity index (χ0) is 28.4. The van der Waals surface area contributed by atoms with E-state index in [0.29, 0.717) is 6.61 Å². The van der Waals surface area contributed by atoms with Crippen molar-refractivity contribution in [2.75, 3.05) is 12.9 Å². The highest BCUT2D eigenvalue weighted by molar-refractivity contribution is 8.14. The smallest absolute Gasteiger partial charge is 0.264 e. The molecule has 0 saturated carbocycles. The van der Waals surface area contributed by atoms with E-state index < -0.39 is 40.0 Å². The average molecular weight is 587 g/mol. The summed E-state index contributed by atoms with van der Waals surface area (Å²) in [5.74, 6) is 0. The summed E-state index contributed by atoms with van der Waals surface area (Å²) in [6.07, 6.45) is -2.51. The maximum absolute atomic E-state index is 12.4. The molecule has 0 aliphatic carbocycles. The molecule has 0 spiro atoms. The van der Waals surface area contributed by atoms with Gasteiger partial charge in [-0.25, -0.2) is 0 Å². The summed E-state index contributed by atoms with van der Waals surface area (Å²) in [7, 11) is -3.94. The third-order valence-electron chi connectivity index (χ3n) is 6.12. The quantitative estimate of drug-likeness (QED) is 0.264. The van der Waals surface area contributed by atoms with Gasteiger partial charge in [-0.3, -0.25) is 8.98 Å². The van der Waals surface area contributed by atoms with E-state index in [9.17, 15) is 13.2 Å². The lowest BCUT2D eigenvalue weighted by atomic mass is 9.99. The van der Waals surface area contributed by atoms with Crippen molar-refractivity contribution in [2.24, 2.45) is 0 Å². The van der Waals surface area contributed by atoms with E-state index in [-0.39, 0.29) is 24.9 Å². The first-order valence-corrected chi connectivity index (χ1v) is 15.6. The van der Waals surface area contributed by atoms with Gasteiger partial charge in [0, 0.05) is 6.92 Å². The molecule has 4 rings (SSSR count). The van der Waals surface area contributed by atoms with Crippen LogP contribution in [0, 0.1) is 0 Å². The van der Waals surface area contributed by atoms with Crippen LogP contribution in [-0.2, 0) is 57.9 Å². The maximum atomic E-state index is 12.4. The number of benzene rings is 3. The summed E-state index contributed by atoms with van der Waals surface area (Å²) in [5.41, 5.74) is 1.84. The van der Waals surface area contributed by atoms with Gasteiger partial charge in [0.05, 0.1) is 32.7 Å². The Hall–Kier alpha value is -2.57. The summed E-state index contributed by atoms with van der Waals surface area (Å²) in [4.78, 5) is 12.2. The molecule has 40 heavy (non-hydrogen) atoms. The van der Waals surface area contributed by atoms with Gasteiger partial charge in [-0.05, 0) is 16.7 Å². The van der Waals surface area contributed by atoms with Crippen molar-refractivity contribution >= 4 is 27.0 Å². The Labute approximate surface area is 240 Å². The Kier molecular flexibility index (Phi) is 11.3. The molecule has 0 amide bonds. The lowest BCUT2D eigenvalue weighted by Crippen LogP contribution is -2.60. The Morgan fingerprint density at radius 1 is 0.750 bits per heavy atom. The van der Waals surface area contributed by atoms with Crippen LogP contribution < -0.4 is 0 Å². The first-order valence-electron chi connectivity index (χ1n) is 12.9. The van der Waals surface area contributed by atoms with Gasteiger partial charge in [-0.15, -0.1) is 0 Å². The van der Waals surface area contributed by atoms with Gasteiger partial charge in [0.25, 0.3) is 10.1 Å². The average Bonchev–Trinajstić information content (AvgIpc) is 2.93. The molecule has 214 valence electrons. The van der Waals surface area contributed by atoms with Crippen molar-refractivity contribution in [3.63, 3.8) is 0 Å². The molecule has 1 fully saturated rings. The minimum atomic E-state index is -3.94. The van der Waals surface area contributed by atoms with Crippen LogP contribution in [0.4, 0.5) is 0 Å². The van der Waals surface area contributed by atoms with Crippen LogP contribution in [0.3, 0.4) is 0 Å². The maximum Gasteiger partial charge on any atom is 0.264 e. The topological polar surface area (TPSA) is 97.4 Å². The second kappa shape index (κ2) is 14.9. The minimum absolute atomic E-state index is 0.125. The Morgan fingerprint density at radius 3 is 1.70 bits per heavy atom. The van der Waals surface area contributed by atoms with Gasteiger partial charge in [0.1, 0.15) is 29.9 Å². The standard InChI is InChI=1S/C30H34O8S2/c1-22(31)39-30-29(38-40(2,32)33)28(36-20-25-16-10-5-11-17-25)27(35-19-24-14-8-4-9-15-24)26(37-30)21-34-18-23-12-6-3-7-13-23/h3-17,26-30H,18-21H2,1-2H3/t26?,27-,28?,29?,30-/m1/s1. The predicted molar refractivity (Wildman–Crippen MR) is 153 cm³/mol. The molecule has 1 aliphatic rings. The normalized spacial score (nSPS) is 23.1. The van der Waals surface area contributed by atoms with Gasteiger partial charge in [0.2, 0.25) is 0 Å². The molecule has 3 unspecified atom stereocenters. The second-order valence-electron chi connectivity index (χ2n) is 9.44. The number of hydrogen-bond donors (Lipinski definition) is 0. The Morgan fingerprint density at radius 2 is 1.23 bits per heavy atom. The van der Waals surface area contributed by atoms with Gasteiger partial charge < -0.3 is 18.9 Å². The van der Waals surface area contributed by atoms with E-state index >= 15 is 0 Å². The SMILES string of the molecule is CC(=O)S[C@H]1OC(COCc2ccccc2)[C@@H](OCc2ccccc2)C(OCc2ccccc2)C1OS(C)(=O)=O. The van der Waals surface area contributed by atoms with Crippen LogP contribution in [0.1, 0.15) is 23.6 Å². The molecular weight excluding hydrogens is 552 g/mol. The fourth-order valence-electron chi connectivity index (χ4n) is 4.37. The van der Waals surface area contributed by atoms with E-state index in [1.165, 1.54) is 6.92 Å². The van der Waals surface area contributed by atoms with Gasteiger partial charge in [0.15, 0.2) is 5.12 Å². The molecule has 8 nitrogen and oxygen atoms in total. The number of carbonyl (C=O) groups excluding carboxylic acids is 1. The first-order chi connectivity index (χ1) is 19.3. The zero-order valence-electron chi connectivity index (χ0n) is 22.5. The number of rotatable bonds is 13. The Balaban J connectivity index is 1.63. The lowest BCUT2D eigenvalue weighted by Gasteiger charge is -2.45. The molecule has 1 aliphatic heterocycles. The molecule has 0 aromatic heterocycles. The summed E-state index contributed by atoms with van der Waals surface area (Å²) in [5, 5.41) is -0.249. The van der Waals surface area contributed by atoms with Crippen LogP contribution in [0.2, 0.25) is 0 Å². The molecule has 0 N–H and O–H groups in total. The van der Waals surface area contributed by atoms with Crippen molar-refractivity contribution in [1.82, 2.24) is 0 Å². The van der Waals surface area contributed by atoms with Crippen LogP contribution in [0.15, 0.2) is 91.0 Å². The molecule has 0 radical (unpaired) electrons. The lowest BCUT2D eigenvalue weighted by molar-refractivity contribution is -0.237. The molecule has 1 heterocycles. The third kappa shape index (κ3) is 9.52. The predicted octanol–water partition coefficient (Wildman–Crippen LogP) is 4.72. The highest BCUT2D eigenvalue weighted by Gasteiger charge is 2.50. The summed E-state index contributed by atoms with van der Waals surface area (Å²) in [6.45, 7) is 2.26. The van der Waals surface area contributed by atoms with Crippen molar-refractivity contribution < 1.29 is 36.3 Å². The molecule has 5 atom stereocenters. The van der Waals surface area contributed by atoms with Crippen LogP contribution in [0.5, 0.6) is 0 Å². The van der Waals surface area contributed by atoms with E-state index in [0.717, 1.165) is 34.7 Å². The zero-order valence-corrected chi connectivity index (χ0v) is 24.1. The fraction of sp³-hybridized carbons (Fsp3) is 0.367. The molecule has 3 aromatic carbocycles. The number of ether oxygens (including phenoxy) is 4. The summed E-state index contributed by atoms with van der Waals surface area (Å²) < 4.78 is 55.3. The van der Waals surface area contributed by atoms with E-state index in [1.807, 2.05) is 91.0 Å². The van der Waals surface area contributed by atoms with Crippen LogP contribution in [0.25, 0.3) is 0 Å². The summed E-state index contributed by atoms with van der Waals surface area (Å²) >= 11 is 0.858. The van der Waals surface area contributed by atoms with Crippen LogP contribution >= 0.6 is 11.8 Å². The number of thioether (sulfide) groups is 1. The molecule has 1 saturated heterocycles. The van der Waals surface area contributed by atoms with Crippen LogP contribution in [-0.4, -0.2) is 56.2 Å². The Bertz CT molecular complexity index is 1290.